The van der Waals surface area contributed by atoms with E-state index in [1.165, 1.54) is 0 Å². The quantitative estimate of drug-likeness (QED) is 0.601. The van der Waals surface area contributed by atoms with Gasteiger partial charge in [0.1, 0.15) is 12.3 Å². The summed E-state index contributed by atoms with van der Waals surface area (Å²) in [5.74, 6) is 0.528. The lowest BCUT2D eigenvalue weighted by atomic mass is 10.1. The first-order chi connectivity index (χ1) is 13.7. The fourth-order valence-electron chi connectivity index (χ4n) is 3.01. The van der Waals surface area contributed by atoms with E-state index < -0.39 is 10.0 Å². The lowest BCUT2D eigenvalue weighted by Gasteiger charge is -2.24. The monoisotopic (exact) mass is 418 g/mol. The molecule has 0 heterocycles. The molecule has 0 saturated carbocycles. The lowest BCUT2D eigenvalue weighted by molar-refractivity contribution is -0.119. The van der Waals surface area contributed by atoms with Gasteiger partial charge in [0.25, 0.3) is 0 Å². The molecule has 0 aliphatic carbocycles. The number of hydrogen-bond acceptors (Lipinski definition) is 4. The minimum atomic E-state index is -3.57. The van der Waals surface area contributed by atoms with Crippen molar-refractivity contribution in [3.05, 3.63) is 59.2 Å². The van der Waals surface area contributed by atoms with E-state index in [2.05, 4.69) is 5.32 Å². The molecule has 1 amide bonds. The van der Waals surface area contributed by atoms with E-state index in [1.54, 1.807) is 12.1 Å². The van der Waals surface area contributed by atoms with E-state index in [0.717, 1.165) is 45.8 Å². The number of ether oxygens (including phenoxy) is 1. The van der Waals surface area contributed by atoms with E-state index in [1.807, 2.05) is 51.1 Å². The molecule has 2 aromatic rings. The summed E-state index contributed by atoms with van der Waals surface area (Å²) in [5.41, 5.74) is 3.53. The summed E-state index contributed by atoms with van der Waals surface area (Å²) >= 11 is 0. The Morgan fingerprint density at radius 3 is 2.41 bits per heavy atom. The third-order valence-electron chi connectivity index (χ3n) is 4.73. The number of carbonyl (C=O) groups excluding carboxylic acids is 1. The molecule has 1 N–H and O–H groups in total. The largest absolute Gasteiger partial charge is 0.494 e. The van der Waals surface area contributed by atoms with Crippen molar-refractivity contribution in [1.29, 1.82) is 0 Å². The highest BCUT2D eigenvalue weighted by molar-refractivity contribution is 7.92. The molecule has 0 spiro atoms. The van der Waals surface area contributed by atoms with Crippen molar-refractivity contribution in [3.63, 3.8) is 0 Å². The maximum atomic E-state index is 12.4. The molecule has 0 unspecified atom stereocenters. The molecular formula is C22H30N2O4S. The number of nitrogens with one attached hydrogen (secondary N) is 1. The maximum Gasteiger partial charge on any atom is 0.240 e. The highest BCUT2D eigenvalue weighted by Crippen LogP contribution is 2.24. The molecule has 0 atom stereocenters. The van der Waals surface area contributed by atoms with Gasteiger partial charge in [-0.3, -0.25) is 9.10 Å². The fourth-order valence-corrected chi connectivity index (χ4v) is 3.92. The van der Waals surface area contributed by atoms with Crippen LogP contribution in [0, 0.1) is 13.8 Å². The van der Waals surface area contributed by atoms with Crippen LogP contribution in [0.25, 0.3) is 0 Å². The molecule has 2 aromatic carbocycles. The zero-order valence-electron chi connectivity index (χ0n) is 17.6. The first kappa shape index (κ1) is 22.7. The summed E-state index contributed by atoms with van der Waals surface area (Å²) in [5, 5.41) is 2.82. The second-order valence-corrected chi connectivity index (χ2v) is 8.93. The third-order valence-corrected chi connectivity index (χ3v) is 5.86. The smallest absolute Gasteiger partial charge is 0.240 e. The number of aryl methyl sites for hydroxylation is 2. The van der Waals surface area contributed by atoms with Crippen molar-refractivity contribution in [3.8, 4) is 5.75 Å². The van der Waals surface area contributed by atoms with Crippen LogP contribution in [0.1, 0.15) is 30.0 Å². The highest BCUT2D eigenvalue weighted by atomic mass is 32.2. The molecule has 6 nitrogen and oxygen atoms in total. The van der Waals surface area contributed by atoms with Crippen molar-refractivity contribution in [1.82, 2.24) is 5.32 Å². The molecule has 158 valence electrons. The number of carbonyl (C=O) groups is 1. The lowest BCUT2D eigenvalue weighted by Crippen LogP contribution is -2.41. The Bertz CT molecular complexity index is 924. The van der Waals surface area contributed by atoms with Gasteiger partial charge in [0.05, 0.1) is 18.6 Å². The fraction of sp³-hybridized carbons (Fsp3) is 0.409. The van der Waals surface area contributed by atoms with Gasteiger partial charge in [0.15, 0.2) is 0 Å². The summed E-state index contributed by atoms with van der Waals surface area (Å²) in [6.07, 6.45) is 2.70. The van der Waals surface area contributed by atoms with Crippen LogP contribution in [0.4, 0.5) is 5.69 Å². The van der Waals surface area contributed by atoms with Gasteiger partial charge in [-0.25, -0.2) is 8.42 Å². The van der Waals surface area contributed by atoms with E-state index >= 15 is 0 Å². The maximum absolute atomic E-state index is 12.4. The topological polar surface area (TPSA) is 75.7 Å². The first-order valence-corrected chi connectivity index (χ1v) is 11.6. The predicted octanol–water partition coefficient (Wildman–Crippen LogP) is 3.22. The Labute approximate surface area is 173 Å². The number of hydrogen-bond donors (Lipinski definition) is 1. The summed E-state index contributed by atoms with van der Waals surface area (Å²) in [6.45, 7) is 6.61. The van der Waals surface area contributed by atoms with Crippen LogP contribution in [0.15, 0.2) is 42.5 Å². The van der Waals surface area contributed by atoms with Crippen molar-refractivity contribution >= 4 is 21.6 Å². The van der Waals surface area contributed by atoms with Gasteiger partial charge < -0.3 is 10.1 Å². The Balaban J connectivity index is 1.89. The molecular weight excluding hydrogens is 388 g/mol. The summed E-state index contributed by atoms with van der Waals surface area (Å²) in [6, 6.07) is 13.3. The van der Waals surface area contributed by atoms with E-state index in [4.69, 9.17) is 4.74 Å². The van der Waals surface area contributed by atoms with Crippen molar-refractivity contribution < 1.29 is 17.9 Å². The average molecular weight is 419 g/mol. The second kappa shape index (κ2) is 10.3. The molecule has 29 heavy (non-hydrogen) atoms. The van der Waals surface area contributed by atoms with Crippen molar-refractivity contribution in [2.75, 3.05) is 30.3 Å². The SMILES string of the molecule is CCOc1ccc(CCCNC(=O)CN(c2cccc(C)c2C)S(C)(=O)=O)cc1. The Kier molecular flexibility index (Phi) is 8.08. The summed E-state index contributed by atoms with van der Waals surface area (Å²) in [4.78, 5) is 12.4. The zero-order valence-corrected chi connectivity index (χ0v) is 18.4. The number of sulfonamides is 1. The summed E-state index contributed by atoms with van der Waals surface area (Å²) in [7, 11) is -3.57. The van der Waals surface area contributed by atoms with E-state index in [-0.39, 0.29) is 12.5 Å². The average Bonchev–Trinajstić information content (AvgIpc) is 2.66. The number of amides is 1. The van der Waals surface area contributed by atoms with Gasteiger partial charge in [-0.1, -0.05) is 24.3 Å². The van der Waals surface area contributed by atoms with Crippen LogP contribution in [0.3, 0.4) is 0 Å². The van der Waals surface area contributed by atoms with E-state index in [0.29, 0.717) is 18.8 Å². The molecule has 0 bridgehead atoms. The van der Waals surface area contributed by atoms with Gasteiger partial charge >= 0.3 is 0 Å². The zero-order chi connectivity index (χ0) is 21.4. The molecule has 0 saturated heterocycles. The molecule has 0 aliphatic heterocycles. The highest BCUT2D eigenvalue weighted by Gasteiger charge is 2.22. The van der Waals surface area contributed by atoms with Crippen LogP contribution in [-0.2, 0) is 21.2 Å². The van der Waals surface area contributed by atoms with E-state index in [9.17, 15) is 13.2 Å². The van der Waals surface area contributed by atoms with Gasteiger partial charge in [-0.05, 0) is 68.5 Å². The normalized spacial score (nSPS) is 11.2. The minimum Gasteiger partial charge on any atom is -0.494 e. The van der Waals surface area contributed by atoms with Crippen molar-refractivity contribution in [2.45, 2.75) is 33.6 Å². The van der Waals surface area contributed by atoms with Gasteiger partial charge in [-0.2, -0.15) is 0 Å². The summed E-state index contributed by atoms with van der Waals surface area (Å²) < 4.78 is 31.1. The number of nitrogens with zero attached hydrogens (tertiary/aromatic N) is 1. The second-order valence-electron chi connectivity index (χ2n) is 7.02. The molecule has 0 fully saturated rings. The molecule has 0 aromatic heterocycles. The van der Waals surface area contributed by atoms with Crippen molar-refractivity contribution in [2.24, 2.45) is 0 Å². The molecule has 7 heteroatoms. The molecule has 2 rings (SSSR count). The third kappa shape index (κ3) is 6.78. The van der Waals surface area contributed by atoms with Gasteiger partial charge in [0, 0.05) is 6.54 Å². The van der Waals surface area contributed by atoms with Crippen LogP contribution < -0.4 is 14.4 Å². The standard InChI is InChI=1S/C22H30N2O4S/c1-5-28-20-13-11-19(12-14-20)9-7-15-23-22(25)16-24(29(4,26)27)21-10-6-8-17(2)18(21)3/h6,8,10-14H,5,7,9,15-16H2,1-4H3,(H,23,25). The van der Waals surface area contributed by atoms with Gasteiger partial charge in [0.2, 0.25) is 15.9 Å². The van der Waals surface area contributed by atoms with Gasteiger partial charge in [-0.15, -0.1) is 0 Å². The Morgan fingerprint density at radius 1 is 1.10 bits per heavy atom. The van der Waals surface area contributed by atoms with Crippen LogP contribution >= 0.6 is 0 Å². The Morgan fingerprint density at radius 2 is 1.79 bits per heavy atom. The van der Waals surface area contributed by atoms with Crippen LogP contribution in [0.5, 0.6) is 5.75 Å². The first-order valence-electron chi connectivity index (χ1n) is 9.74. The van der Waals surface area contributed by atoms with Crippen LogP contribution in [-0.4, -0.2) is 40.3 Å². The minimum absolute atomic E-state index is 0.230. The number of rotatable bonds is 10. The molecule has 0 aliphatic rings. The predicted molar refractivity (Wildman–Crippen MR) is 117 cm³/mol. The number of benzene rings is 2. The van der Waals surface area contributed by atoms with Crippen LogP contribution in [0.2, 0.25) is 0 Å². The Hall–Kier alpha value is -2.54. The number of anilines is 1. The molecule has 0 radical (unpaired) electrons.